The Morgan fingerprint density at radius 3 is 2.03 bits per heavy atom. The van der Waals surface area contributed by atoms with Gasteiger partial charge in [0.25, 0.3) is 5.91 Å². The van der Waals surface area contributed by atoms with Gasteiger partial charge in [0, 0.05) is 0 Å². The number of nitrogens with one attached hydrogen (secondary N) is 3. The van der Waals surface area contributed by atoms with E-state index >= 15 is 0 Å². The van der Waals surface area contributed by atoms with Gasteiger partial charge < -0.3 is 35.1 Å². The number of amides is 7. The SMILES string of the molecule is CC1(C)[C@H](C(=O)OCc2ccccc2)N2C(=O)[C@@](NC=O)(NC(=O)C(NC(=O)N3CCN(S(C)(=O)=O)C3=O)c3ccc(OC(=O)OCc4ccccc4)cc3)[C@H]2S1=O. The van der Waals surface area contributed by atoms with E-state index < -0.39 is 84.7 Å². The molecule has 0 aliphatic carbocycles. The highest BCUT2D eigenvalue weighted by atomic mass is 32.2. The third kappa shape index (κ3) is 7.94. The molecular formula is C37H38N6O13S2. The maximum atomic E-state index is 14.3. The smallest absolute Gasteiger partial charge is 0.459 e. The molecule has 5 atom stereocenters. The Labute approximate surface area is 334 Å². The molecule has 58 heavy (non-hydrogen) atoms. The molecule has 3 aromatic rings. The normalized spacial score (nSPS) is 22.5. The fourth-order valence-corrected chi connectivity index (χ4v) is 9.51. The zero-order valence-corrected chi connectivity index (χ0v) is 32.8. The van der Waals surface area contributed by atoms with Gasteiger partial charge in [-0.2, -0.15) is 0 Å². The molecule has 3 fully saturated rings. The molecule has 3 aliphatic rings. The highest BCUT2D eigenvalue weighted by Crippen LogP contribution is 2.48. The van der Waals surface area contributed by atoms with E-state index in [9.17, 15) is 46.2 Å². The molecule has 7 amide bonds. The van der Waals surface area contributed by atoms with Crippen molar-refractivity contribution in [3.8, 4) is 5.75 Å². The van der Waals surface area contributed by atoms with Gasteiger partial charge in [0.15, 0.2) is 5.37 Å². The highest BCUT2D eigenvalue weighted by Gasteiger charge is 2.76. The maximum absolute atomic E-state index is 14.3. The van der Waals surface area contributed by atoms with E-state index in [4.69, 9.17) is 14.2 Å². The minimum atomic E-state index is -4.05. The Hall–Kier alpha value is -6.35. The molecule has 6 rings (SSSR count). The van der Waals surface area contributed by atoms with E-state index in [1.165, 1.54) is 38.1 Å². The molecule has 3 N–H and O–H groups in total. The molecule has 3 heterocycles. The fourth-order valence-electron chi connectivity index (χ4n) is 6.74. The van der Waals surface area contributed by atoms with Gasteiger partial charge in [0.1, 0.15) is 31.0 Å². The van der Waals surface area contributed by atoms with Gasteiger partial charge in [-0.1, -0.05) is 72.8 Å². The predicted octanol–water partition coefficient (Wildman–Crippen LogP) is 1.23. The van der Waals surface area contributed by atoms with Crippen LogP contribution in [0.2, 0.25) is 0 Å². The second-order valence-electron chi connectivity index (χ2n) is 13.9. The lowest BCUT2D eigenvalue weighted by Crippen LogP contribution is -2.86. The fraction of sp³-hybridized carbons (Fsp3) is 0.324. The van der Waals surface area contributed by atoms with Crippen LogP contribution in [0.25, 0.3) is 0 Å². The summed E-state index contributed by atoms with van der Waals surface area (Å²) in [6.45, 7) is 1.97. The Morgan fingerprint density at radius 2 is 1.48 bits per heavy atom. The minimum Gasteiger partial charge on any atom is -0.459 e. The van der Waals surface area contributed by atoms with Crippen LogP contribution in [0.5, 0.6) is 5.75 Å². The molecular weight excluding hydrogens is 801 g/mol. The number of hydrogen-bond donors (Lipinski definition) is 3. The summed E-state index contributed by atoms with van der Waals surface area (Å²) in [5.74, 6) is -3.09. The molecule has 0 spiro atoms. The van der Waals surface area contributed by atoms with Crippen LogP contribution in [0.15, 0.2) is 84.9 Å². The third-order valence-electron chi connectivity index (χ3n) is 9.67. The predicted molar refractivity (Wildman–Crippen MR) is 202 cm³/mol. The van der Waals surface area contributed by atoms with Crippen molar-refractivity contribution in [2.24, 2.45) is 0 Å². The number of esters is 1. The van der Waals surface area contributed by atoms with E-state index in [2.05, 4.69) is 16.0 Å². The number of sulfonamides is 1. The first-order valence-electron chi connectivity index (χ1n) is 17.5. The molecule has 0 radical (unpaired) electrons. The lowest BCUT2D eigenvalue weighted by molar-refractivity contribution is -0.174. The molecule has 3 aliphatic heterocycles. The molecule has 0 saturated carbocycles. The number of hydrogen-bond acceptors (Lipinski definition) is 13. The zero-order valence-electron chi connectivity index (χ0n) is 31.2. The monoisotopic (exact) mass is 838 g/mol. The number of carbonyl (C=O) groups is 7. The van der Waals surface area contributed by atoms with Gasteiger partial charge >= 0.3 is 24.2 Å². The van der Waals surface area contributed by atoms with Gasteiger partial charge in [0.2, 0.25) is 28.0 Å². The quantitative estimate of drug-likeness (QED) is 0.0722. The van der Waals surface area contributed by atoms with Crippen molar-refractivity contribution in [1.29, 1.82) is 0 Å². The lowest BCUT2D eigenvalue weighted by atomic mass is 9.90. The van der Waals surface area contributed by atoms with E-state index in [-0.39, 0.29) is 44.0 Å². The Kier molecular flexibility index (Phi) is 11.6. The summed E-state index contributed by atoms with van der Waals surface area (Å²) in [6.07, 6.45) is -0.170. The van der Waals surface area contributed by atoms with E-state index in [1.54, 1.807) is 60.7 Å². The van der Waals surface area contributed by atoms with Crippen LogP contribution in [-0.4, -0.2) is 110 Å². The van der Waals surface area contributed by atoms with Crippen molar-refractivity contribution in [1.82, 2.24) is 30.1 Å². The van der Waals surface area contributed by atoms with Crippen molar-refractivity contribution >= 4 is 63.2 Å². The van der Waals surface area contributed by atoms with Crippen LogP contribution in [0.3, 0.4) is 0 Å². The standard InChI is InChI=1S/C37H38N6O13S2/c1-36(2)28(30(46)54-20-23-10-6-4-7-11-23)43-31(47)37(38-22-44,32(43)57(36)51)40-29(45)27(39-33(48)41-18-19-42(34(41)49)58(3,52)53)25-14-16-26(17-15-25)56-35(50)55-21-24-12-8-5-9-13-24/h4-17,22,27-28,32H,18-21H2,1-3H3,(H,38,44)(H,39,48)(H,40,45)/t27?,28-,32+,37+,57?/m0/s1. The Morgan fingerprint density at radius 1 is 0.897 bits per heavy atom. The van der Waals surface area contributed by atoms with Gasteiger partial charge in [-0.25, -0.2) is 36.8 Å². The number of nitrogens with zero attached hydrogens (tertiary/aromatic N) is 3. The van der Waals surface area contributed by atoms with Crippen molar-refractivity contribution in [3.63, 3.8) is 0 Å². The number of fused-ring (bicyclic) bond motifs is 1. The van der Waals surface area contributed by atoms with Crippen LogP contribution >= 0.6 is 0 Å². The van der Waals surface area contributed by atoms with Crippen molar-refractivity contribution in [2.45, 2.75) is 54.9 Å². The summed E-state index contributed by atoms with van der Waals surface area (Å²) in [5.41, 5.74) is -1.05. The van der Waals surface area contributed by atoms with Crippen molar-refractivity contribution < 1.29 is 60.4 Å². The number of urea groups is 2. The van der Waals surface area contributed by atoms with Gasteiger partial charge in [-0.05, 0) is 42.7 Å². The first kappa shape index (κ1) is 41.3. The van der Waals surface area contributed by atoms with E-state index in [1.807, 2.05) is 0 Å². The van der Waals surface area contributed by atoms with Crippen LogP contribution in [0, 0.1) is 0 Å². The van der Waals surface area contributed by atoms with Gasteiger partial charge in [-0.3, -0.25) is 18.6 Å². The zero-order chi connectivity index (χ0) is 42.0. The average Bonchev–Trinajstić information content (AvgIpc) is 3.69. The Bertz CT molecular complexity index is 2260. The number of β-lactam (4-membered cyclic amide) rings is 1. The molecule has 19 nitrogen and oxygen atoms in total. The van der Waals surface area contributed by atoms with Crippen molar-refractivity contribution in [2.75, 3.05) is 19.3 Å². The van der Waals surface area contributed by atoms with Gasteiger partial charge in [-0.15, -0.1) is 0 Å². The maximum Gasteiger partial charge on any atom is 0.514 e. The van der Waals surface area contributed by atoms with Crippen LogP contribution in [0.4, 0.5) is 14.4 Å². The number of benzene rings is 3. The molecule has 2 unspecified atom stereocenters. The largest absolute Gasteiger partial charge is 0.514 e. The van der Waals surface area contributed by atoms with E-state index in [0.29, 0.717) is 20.3 Å². The van der Waals surface area contributed by atoms with Crippen molar-refractivity contribution in [3.05, 3.63) is 102 Å². The number of ether oxygens (including phenoxy) is 3. The molecule has 21 heteroatoms. The molecule has 0 bridgehead atoms. The van der Waals surface area contributed by atoms with Crippen LogP contribution in [-0.2, 0) is 62.7 Å². The highest BCUT2D eigenvalue weighted by molar-refractivity contribution is 7.89. The summed E-state index contributed by atoms with van der Waals surface area (Å²) in [4.78, 5) is 94.1. The third-order valence-corrected chi connectivity index (χ3v) is 13.1. The minimum absolute atomic E-state index is 0.0115. The van der Waals surface area contributed by atoms with Gasteiger partial charge in [0.05, 0.1) is 34.9 Å². The molecule has 3 saturated heterocycles. The first-order chi connectivity index (χ1) is 27.5. The number of imide groups is 1. The molecule has 306 valence electrons. The van der Waals surface area contributed by atoms with Crippen LogP contribution in [0.1, 0.15) is 36.6 Å². The summed E-state index contributed by atoms with van der Waals surface area (Å²) in [7, 11) is -6.18. The topological polar surface area (TPSA) is 244 Å². The summed E-state index contributed by atoms with van der Waals surface area (Å²) < 4.78 is 53.2. The lowest BCUT2D eigenvalue weighted by Gasteiger charge is -2.52. The Balaban J connectivity index is 1.25. The average molecular weight is 839 g/mol. The second kappa shape index (κ2) is 16.3. The number of rotatable bonds is 13. The molecule has 0 aromatic heterocycles. The second-order valence-corrected chi connectivity index (χ2v) is 17.9. The first-order valence-corrected chi connectivity index (χ1v) is 20.6. The van der Waals surface area contributed by atoms with Crippen LogP contribution < -0.4 is 20.7 Å². The molecule has 3 aromatic carbocycles. The summed E-state index contributed by atoms with van der Waals surface area (Å²) in [6, 6.07) is 17.0. The summed E-state index contributed by atoms with van der Waals surface area (Å²) in [5, 5.41) is 5.54. The number of carbonyl (C=O) groups excluding carboxylic acids is 7. The summed E-state index contributed by atoms with van der Waals surface area (Å²) >= 11 is 0. The van der Waals surface area contributed by atoms with E-state index in [0.717, 1.165) is 11.2 Å².